The molecule has 0 saturated carbocycles. The van der Waals surface area contributed by atoms with Crippen LogP contribution in [-0.4, -0.2) is 29.9 Å². The van der Waals surface area contributed by atoms with Gasteiger partial charge in [0.05, 0.1) is 0 Å². The molecule has 3 rings (SSSR count). The van der Waals surface area contributed by atoms with E-state index in [1.807, 2.05) is 0 Å². The summed E-state index contributed by atoms with van der Waals surface area (Å²) in [6.45, 7) is 5.05. The van der Waals surface area contributed by atoms with Crippen LogP contribution in [0.2, 0.25) is 0 Å². The van der Waals surface area contributed by atoms with Gasteiger partial charge in [0.25, 0.3) is 0 Å². The zero-order chi connectivity index (χ0) is 16.8. The largest absolute Gasteiger partial charge is 0.355 e. The Balaban J connectivity index is 1.47. The number of aryl methyl sites for hydroxylation is 1. The Bertz CT molecular complexity index is 653. The number of nitrogens with one attached hydrogen (secondary N) is 1. The fourth-order valence-electron chi connectivity index (χ4n) is 3.37. The van der Waals surface area contributed by atoms with Crippen molar-refractivity contribution in [2.45, 2.75) is 45.2 Å². The highest BCUT2D eigenvalue weighted by molar-refractivity contribution is 7.07. The van der Waals surface area contributed by atoms with Crippen molar-refractivity contribution in [2.75, 3.05) is 13.1 Å². The predicted octanol–water partition coefficient (Wildman–Crippen LogP) is 3.63. The van der Waals surface area contributed by atoms with E-state index in [0.29, 0.717) is 12.5 Å². The van der Waals surface area contributed by atoms with Crippen molar-refractivity contribution in [3.8, 4) is 0 Å². The summed E-state index contributed by atoms with van der Waals surface area (Å²) in [5.74, 6) is 0.164. The van der Waals surface area contributed by atoms with E-state index in [9.17, 15) is 4.79 Å². The zero-order valence-electron chi connectivity index (χ0n) is 14.3. The molecule has 24 heavy (non-hydrogen) atoms. The number of thiophene rings is 1. The monoisotopic (exact) mass is 342 g/mol. The van der Waals surface area contributed by atoms with E-state index in [2.05, 4.69) is 58.2 Å². The predicted molar refractivity (Wildman–Crippen MR) is 100 cm³/mol. The van der Waals surface area contributed by atoms with Crippen LogP contribution in [0.3, 0.4) is 0 Å². The molecule has 1 aliphatic heterocycles. The van der Waals surface area contributed by atoms with Gasteiger partial charge in [-0.25, -0.2) is 0 Å². The lowest BCUT2D eigenvalue weighted by Crippen LogP contribution is -2.45. The second kappa shape index (κ2) is 8.45. The van der Waals surface area contributed by atoms with Crippen LogP contribution in [0.25, 0.3) is 0 Å². The number of hydrogen-bond acceptors (Lipinski definition) is 3. The first-order chi connectivity index (χ1) is 11.8. The lowest BCUT2D eigenvalue weighted by Gasteiger charge is -2.35. The van der Waals surface area contributed by atoms with Gasteiger partial charge in [0, 0.05) is 32.1 Å². The van der Waals surface area contributed by atoms with Crippen LogP contribution in [-0.2, 0) is 24.2 Å². The van der Waals surface area contributed by atoms with Gasteiger partial charge in [-0.15, -0.1) is 0 Å². The summed E-state index contributed by atoms with van der Waals surface area (Å²) in [7, 11) is 0. The molecule has 1 N–H and O–H groups in total. The standard InChI is InChI=1S/C20H26N2OS/c1-2-19(13-21-20(23)8-7-16-10-12-24-15-16)22-11-9-17-5-3-4-6-18(17)14-22/h3-6,10,12,15,19H,2,7-9,11,13-14H2,1H3,(H,21,23). The fraction of sp³-hybridized carbons (Fsp3) is 0.450. The van der Waals surface area contributed by atoms with Crippen LogP contribution in [0.5, 0.6) is 0 Å². The minimum atomic E-state index is 0.164. The smallest absolute Gasteiger partial charge is 0.220 e. The molecule has 2 heterocycles. The van der Waals surface area contributed by atoms with Gasteiger partial charge in [-0.3, -0.25) is 9.69 Å². The Kier molecular flexibility index (Phi) is 6.05. The van der Waals surface area contributed by atoms with E-state index < -0.39 is 0 Å². The molecule has 1 aromatic heterocycles. The van der Waals surface area contributed by atoms with Crippen molar-refractivity contribution in [1.29, 1.82) is 0 Å². The summed E-state index contributed by atoms with van der Waals surface area (Å²) in [5, 5.41) is 7.32. The molecule has 1 aromatic carbocycles. The highest BCUT2D eigenvalue weighted by atomic mass is 32.1. The number of hydrogen-bond donors (Lipinski definition) is 1. The zero-order valence-corrected chi connectivity index (χ0v) is 15.1. The number of nitrogens with zero attached hydrogens (tertiary/aromatic N) is 1. The Morgan fingerprint density at radius 2 is 2.12 bits per heavy atom. The van der Waals surface area contributed by atoms with Gasteiger partial charge in [-0.2, -0.15) is 11.3 Å². The molecule has 0 radical (unpaired) electrons. The number of carbonyl (C=O) groups is 1. The molecular formula is C20H26N2OS. The minimum Gasteiger partial charge on any atom is -0.355 e. The number of amides is 1. The molecule has 1 aliphatic rings. The summed E-state index contributed by atoms with van der Waals surface area (Å²) in [5.41, 5.74) is 4.17. The van der Waals surface area contributed by atoms with E-state index in [-0.39, 0.29) is 5.91 Å². The lowest BCUT2D eigenvalue weighted by atomic mass is 9.98. The Labute approximate surface area is 148 Å². The van der Waals surface area contributed by atoms with E-state index in [1.165, 1.54) is 16.7 Å². The molecule has 0 aliphatic carbocycles. The molecule has 1 unspecified atom stereocenters. The normalized spacial score (nSPS) is 15.7. The SMILES string of the molecule is CCC(CNC(=O)CCc1ccsc1)N1CCc2ccccc2C1. The topological polar surface area (TPSA) is 32.3 Å². The van der Waals surface area contributed by atoms with Crippen molar-refractivity contribution in [3.63, 3.8) is 0 Å². The van der Waals surface area contributed by atoms with Gasteiger partial charge in [-0.05, 0) is 52.8 Å². The second-order valence-corrected chi connectivity index (χ2v) is 7.27. The molecule has 3 nitrogen and oxygen atoms in total. The maximum Gasteiger partial charge on any atom is 0.220 e. The van der Waals surface area contributed by atoms with Crippen LogP contribution < -0.4 is 5.32 Å². The third-order valence-electron chi connectivity index (χ3n) is 4.90. The van der Waals surface area contributed by atoms with Gasteiger partial charge in [0.2, 0.25) is 5.91 Å². The van der Waals surface area contributed by atoms with Crippen LogP contribution in [0.1, 0.15) is 36.5 Å². The van der Waals surface area contributed by atoms with Crippen molar-refractivity contribution >= 4 is 17.2 Å². The van der Waals surface area contributed by atoms with Gasteiger partial charge in [0.1, 0.15) is 0 Å². The molecule has 1 amide bonds. The third-order valence-corrected chi connectivity index (χ3v) is 5.64. The van der Waals surface area contributed by atoms with Crippen LogP contribution in [0, 0.1) is 0 Å². The average Bonchev–Trinajstić information content (AvgIpc) is 3.14. The van der Waals surface area contributed by atoms with Crippen LogP contribution in [0.15, 0.2) is 41.1 Å². The molecule has 0 saturated heterocycles. The first-order valence-corrected chi connectivity index (χ1v) is 9.79. The number of carbonyl (C=O) groups excluding carboxylic acids is 1. The second-order valence-electron chi connectivity index (χ2n) is 6.49. The molecule has 0 spiro atoms. The van der Waals surface area contributed by atoms with Crippen molar-refractivity contribution in [3.05, 3.63) is 57.8 Å². The summed E-state index contributed by atoms with van der Waals surface area (Å²) in [6.07, 6.45) is 3.59. The molecular weight excluding hydrogens is 316 g/mol. The number of fused-ring (bicyclic) bond motifs is 1. The first-order valence-electron chi connectivity index (χ1n) is 8.85. The lowest BCUT2D eigenvalue weighted by molar-refractivity contribution is -0.121. The van der Waals surface area contributed by atoms with Gasteiger partial charge in [0.15, 0.2) is 0 Å². The number of benzene rings is 1. The molecule has 0 fully saturated rings. The number of rotatable bonds is 7. The summed E-state index contributed by atoms with van der Waals surface area (Å²) in [6, 6.07) is 11.2. The Hall–Kier alpha value is -1.65. The Morgan fingerprint density at radius 1 is 1.29 bits per heavy atom. The van der Waals surface area contributed by atoms with E-state index in [4.69, 9.17) is 0 Å². The maximum absolute atomic E-state index is 12.1. The molecule has 1 atom stereocenters. The molecule has 4 heteroatoms. The third kappa shape index (κ3) is 4.46. The van der Waals surface area contributed by atoms with E-state index in [0.717, 1.165) is 38.9 Å². The first kappa shape index (κ1) is 17.2. The molecule has 128 valence electrons. The van der Waals surface area contributed by atoms with Crippen molar-refractivity contribution < 1.29 is 4.79 Å². The highest BCUT2D eigenvalue weighted by Gasteiger charge is 2.22. The van der Waals surface area contributed by atoms with Gasteiger partial charge in [-0.1, -0.05) is 31.2 Å². The van der Waals surface area contributed by atoms with Gasteiger partial charge >= 0.3 is 0 Å². The maximum atomic E-state index is 12.1. The van der Waals surface area contributed by atoms with Crippen molar-refractivity contribution in [1.82, 2.24) is 10.2 Å². The highest BCUT2D eigenvalue weighted by Crippen LogP contribution is 2.21. The minimum absolute atomic E-state index is 0.164. The molecule has 2 aromatic rings. The summed E-state index contributed by atoms with van der Waals surface area (Å²) >= 11 is 1.69. The van der Waals surface area contributed by atoms with Crippen molar-refractivity contribution in [2.24, 2.45) is 0 Å². The summed E-state index contributed by atoms with van der Waals surface area (Å²) < 4.78 is 0. The van der Waals surface area contributed by atoms with Gasteiger partial charge < -0.3 is 5.32 Å². The molecule has 0 bridgehead atoms. The fourth-order valence-corrected chi connectivity index (χ4v) is 4.08. The average molecular weight is 343 g/mol. The van der Waals surface area contributed by atoms with E-state index >= 15 is 0 Å². The van der Waals surface area contributed by atoms with E-state index in [1.54, 1.807) is 11.3 Å². The van der Waals surface area contributed by atoms with Crippen LogP contribution >= 0.6 is 11.3 Å². The van der Waals surface area contributed by atoms with Crippen LogP contribution in [0.4, 0.5) is 0 Å². The summed E-state index contributed by atoms with van der Waals surface area (Å²) in [4.78, 5) is 14.6. The quantitative estimate of drug-likeness (QED) is 0.833. The Morgan fingerprint density at radius 3 is 2.88 bits per heavy atom.